The molecule has 0 unspecified atom stereocenters. The second kappa shape index (κ2) is 8.33. The van der Waals surface area contributed by atoms with E-state index in [1.807, 2.05) is 6.92 Å². The maximum atomic E-state index is 5.02. The highest BCUT2D eigenvalue weighted by atomic mass is 15.4. The van der Waals surface area contributed by atoms with E-state index in [-0.39, 0.29) is 22.2 Å². The molecule has 188 valence electrons. The Morgan fingerprint density at radius 3 is 1.15 bits per heavy atom. The number of aromatic nitrogens is 3. The fourth-order valence-electron chi connectivity index (χ4n) is 6.28. The van der Waals surface area contributed by atoms with E-state index in [0.29, 0.717) is 12.1 Å². The lowest BCUT2D eigenvalue weighted by atomic mass is 9.77. The van der Waals surface area contributed by atoms with Crippen molar-refractivity contribution in [2.45, 2.75) is 122 Å². The maximum Gasteiger partial charge on any atom is 0.230 e. The normalized spacial score (nSPS) is 25.7. The predicted molar refractivity (Wildman–Crippen MR) is 139 cm³/mol. The van der Waals surface area contributed by atoms with Gasteiger partial charge in [-0.2, -0.15) is 15.0 Å². The number of aryl methyl sites for hydroxylation is 1. The molecule has 0 saturated carbocycles. The quantitative estimate of drug-likeness (QED) is 0.663. The molecular formula is C26H49N7. The van der Waals surface area contributed by atoms with E-state index >= 15 is 0 Å². The number of hydrogen-bond acceptors (Lipinski definition) is 7. The largest absolute Gasteiger partial charge is 0.341 e. The van der Waals surface area contributed by atoms with Crippen LogP contribution >= 0.6 is 0 Å². The van der Waals surface area contributed by atoms with Gasteiger partial charge >= 0.3 is 0 Å². The van der Waals surface area contributed by atoms with Crippen LogP contribution in [0.25, 0.3) is 0 Å². The van der Waals surface area contributed by atoms with Crippen LogP contribution in [-0.2, 0) is 0 Å². The minimum absolute atomic E-state index is 0.119. The first-order chi connectivity index (χ1) is 14.9. The van der Waals surface area contributed by atoms with E-state index in [1.54, 1.807) is 0 Å². The summed E-state index contributed by atoms with van der Waals surface area (Å²) in [6, 6.07) is 0.764. The molecule has 3 heterocycles. The Bertz CT molecular complexity index is 758. The van der Waals surface area contributed by atoms with Gasteiger partial charge in [-0.1, -0.05) is 0 Å². The zero-order chi connectivity index (χ0) is 25.1. The molecule has 2 aliphatic heterocycles. The van der Waals surface area contributed by atoms with Gasteiger partial charge in [0.2, 0.25) is 11.9 Å². The van der Waals surface area contributed by atoms with Gasteiger partial charge in [0, 0.05) is 48.3 Å². The first-order valence-corrected chi connectivity index (χ1v) is 12.5. The summed E-state index contributed by atoms with van der Waals surface area (Å²) in [6.07, 6.45) is 4.32. The Labute approximate surface area is 203 Å². The highest BCUT2D eigenvalue weighted by Gasteiger charge is 2.46. The van der Waals surface area contributed by atoms with Crippen LogP contribution in [0.4, 0.5) is 11.9 Å². The fourth-order valence-corrected chi connectivity index (χ4v) is 6.28. The first-order valence-electron chi connectivity index (χ1n) is 12.5. The molecule has 33 heavy (non-hydrogen) atoms. The molecule has 0 atom stereocenters. The van der Waals surface area contributed by atoms with Crippen molar-refractivity contribution in [3.05, 3.63) is 5.82 Å². The lowest BCUT2D eigenvalue weighted by Gasteiger charge is -2.55. The van der Waals surface area contributed by atoms with Gasteiger partial charge in [-0.15, -0.1) is 0 Å². The molecule has 1 aromatic rings. The van der Waals surface area contributed by atoms with Gasteiger partial charge in [-0.25, -0.2) is 0 Å². The Morgan fingerprint density at radius 1 is 0.606 bits per heavy atom. The van der Waals surface area contributed by atoms with E-state index in [1.165, 1.54) is 0 Å². The Hall–Kier alpha value is -1.47. The van der Waals surface area contributed by atoms with Gasteiger partial charge < -0.3 is 9.80 Å². The minimum atomic E-state index is 0.119. The smallest absolute Gasteiger partial charge is 0.230 e. The van der Waals surface area contributed by atoms with E-state index in [0.717, 1.165) is 43.4 Å². The second-order valence-corrected chi connectivity index (χ2v) is 13.2. The van der Waals surface area contributed by atoms with Gasteiger partial charge in [0.25, 0.3) is 0 Å². The summed E-state index contributed by atoms with van der Waals surface area (Å²) in [4.78, 5) is 24.2. The molecule has 0 amide bonds. The standard InChI is InChI=1S/C26H49N7/c1-18-27-21(30(10)19-14-23(2,3)32(12)24(4,5)15-19)29-22(28-18)31(11)20-16-25(6,7)33(13)26(8,9)17-20/h19-20H,14-17H2,1-13H3. The van der Waals surface area contributed by atoms with Crippen molar-refractivity contribution in [3.63, 3.8) is 0 Å². The molecule has 0 N–H and O–H groups in total. The summed E-state index contributed by atoms with van der Waals surface area (Å²) in [5.74, 6) is 2.36. The summed E-state index contributed by atoms with van der Waals surface area (Å²) in [5, 5.41) is 0. The molecule has 7 heteroatoms. The monoisotopic (exact) mass is 459 g/mol. The zero-order valence-corrected chi connectivity index (χ0v) is 23.6. The minimum Gasteiger partial charge on any atom is -0.341 e. The molecule has 2 saturated heterocycles. The summed E-state index contributed by atoms with van der Waals surface area (Å²) in [7, 11) is 8.81. The maximum absolute atomic E-state index is 5.02. The molecule has 0 radical (unpaired) electrons. The van der Waals surface area contributed by atoms with Crippen LogP contribution in [-0.4, -0.2) is 87.2 Å². The van der Waals surface area contributed by atoms with Crippen LogP contribution in [0.5, 0.6) is 0 Å². The van der Waals surface area contributed by atoms with Gasteiger partial charge in [-0.05, 0) is 102 Å². The molecule has 0 spiro atoms. The third kappa shape index (κ3) is 5.00. The number of nitrogens with zero attached hydrogens (tertiary/aromatic N) is 7. The van der Waals surface area contributed by atoms with Gasteiger partial charge in [0.1, 0.15) is 5.82 Å². The van der Waals surface area contributed by atoms with Crippen molar-refractivity contribution in [1.82, 2.24) is 24.8 Å². The zero-order valence-electron chi connectivity index (χ0n) is 23.6. The second-order valence-electron chi connectivity index (χ2n) is 13.2. The number of likely N-dealkylation sites (tertiary alicyclic amines) is 2. The molecule has 0 bridgehead atoms. The van der Waals surface area contributed by atoms with Crippen LogP contribution < -0.4 is 9.80 Å². The van der Waals surface area contributed by atoms with Crippen molar-refractivity contribution >= 4 is 11.9 Å². The molecular weight excluding hydrogens is 410 g/mol. The average Bonchev–Trinajstić information content (AvgIpc) is 2.67. The Balaban J connectivity index is 1.88. The first kappa shape index (κ1) is 26.1. The third-order valence-electron chi connectivity index (χ3n) is 9.02. The van der Waals surface area contributed by atoms with Crippen LogP contribution in [0, 0.1) is 6.92 Å². The van der Waals surface area contributed by atoms with Gasteiger partial charge in [0.05, 0.1) is 0 Å². The van der Waals surface area contributed by atoms with Crippen molar-refractivity contribution in [1.29, 1.82) is 0 Å². The molecule has 2 fully saturated rings. The van der Waals surface area contributed by atoms with Crippen LogP contribution in [0.1, 0.15) is 86.9 Å². The fraction of sp³-hybridized carbons (Fsp3) is 0.885. The molecule has 3 rings (SSSR count). The summed E-state index contributed by atoms with van der Waals surface area (Å²) in [5.41, 5.74) is 0.475. The van der Waals surface area contributed by atoms with E-state index in [2.05, 4.69) is 103 Å². The topological polar surface area (TPSA) is 51.6 Å². The van der Waals surface area contributed by atoms with E-state index in [4.69, 9.17) is 15.0 Å². The number of rotatable bonds is 4. The van der Waals surface area contributed by atoms with Crippen LogP contribution in [0.3, 0.4) is 0 Å². The van der Waals surface area contributed by atoms with Crippen molar-refractivity contribution in [3.8, 4) is 0 Å². The van der Waals surface area contributed by atoms with E-state index in [9.17, 15) is 0 Å². The van der Waals surface area contributed by atoms with Crippen molar-refractivity contribution in [2.75, 3.05) is 38.0 Å². The number of anilines is 2. The summed E-state index contributed by atoms with van der Waals surface area (Å²) >= 11 is 0. The van der Waals surface area contributed by atoms with Crippen LogP contribution in [0.15, 0.2) is 0 Å². The lowest BCUT2D eigenvalue weighted by molar-refractivity contribution is -0.0121. The van der Waals surface area contributed by atoms with Gasteiger partial charge in [0.15, 0.2) is 0 Å². The van der Waals surface area contributed by atoms with Crippen molar-refractivity contribution < 1.29 is 0 Å². The SMILES string of the molecule is Cc1nc(N(C)C2CC(C)(C)N(C)C(C)(C)C2)nc(N(C)C2CC(C)(C)N(C)C(C)(C)C2)n1. The van der Waals surface area contributed by atoms with Crippen LogP contribution in [0.2, 0.25) is 0 Å². The molecule has 0 aliphatic carbocycles. The third-order valence-corrected chi connectivity index (χ3v) is 9.02. The average molecular weight is 460 g/mol. The predicted octanol–water partition coefficient (Wildman–Crippen LogP) is 4.36. The summed E-state index contributed by atoms with van der Waals surface area (Å²) in [6.45, 7) is 20.7. The highest BCUT2D eigenvalue weighted by molar-refractivity contribution is 5.40. The highest BCUT2D eigenvalue weighted by Crippen LogP contribution is 2.41. The Kier molecular flexibility index (Phi) is 6.60. The number of piperidine rings is 2. The van der Waals surface area contributed by atoms with Crippen molar-refractivity contribution in [2.24, 2.45) is 0 Å². The van der Waals surface area contributed by atoms with E-state index < -0.39 is 0 Å². The Morgan fingerprint density at radius 2 is 0.879 bits per heavy atom. The number of hydrogen-bond donors (Lipinski definition) is 0. The van der Waals surface area contributed by atoms with Gasteiger partial charge in [-0.3, -0.25) is 9.80 Å². The summed E-state index contributed by atoms with van der Waals surface area (Å²) < 4.78 is 0. The lowest BCUT2D eigenvalue weighted by Crippen LogP contribution is -2.62. The molecule has 0 aromatic carbocycles. The molecule has 2 aliphatic rings. The molecule has 7 nitrogen and oxygen atoms in total. The molecule has 1 aromatic heterocycles.